The summed E-state index contributed by atoms with van der Waals surface area (Å²) in [6, 6.07) is 8.10. The van der Waals surface area contributed by atoms with Gasteiger partial charge in [-0.1, -0.05) is 25.5 Å². The molecular formula is C14H19NO. The Labute approximate surface area is 97.3 Å². The first-order valence-corrected chi connectivity index (χ1v) is 5.95. The Morgan fingerprint density at radius 2 is 2.19 bits per heavy atom. The van der Waals surface area contributed by atoms with Crippen molar-refractivity contribution in [3.05, 3.63) is 35.4 Å². The van der Waals surface area contributed by atoms with Crippen LogP contribution in [0.4, 0.5) is 0 Å². The average molecular weight is 217 g/mol. The van der Waals surface area contributed by atoms with E-state index in [1.165, 1.54) is 18.4 Å². The zero-order valence-electron chi connectivity index (χ0n) is 10.2. The van der Waals surface area contributed by atoms with Crippen LogP contribution >= 0.6 is 0 Å². The third-order valence-corrected chi connectivity index (χ3v) is 3.41. The summed E-state index contributed by atoms with van der Waals surface area (Å²) in [5.41, 5.74) is 2.14. The Morgan fingerprint density at radius 3 is 2.75 bits per heavy atom. The third kappa shape index (κ3) is 2.11. The maximum absolute atomic E-state index is 11.8. The van der Waals surface area contributed by atoms with Gasteiger partial charge in [-0.25, -0.2) is 0 Å². The SMILES string of the molecule is CC[C@H]1C[C@@H]1c1cccc(C(=O)N(C)C)c1. The molecule has 0 heterocycles. The standard InChI is InChI=1S/C14H19NO/c1-4-10-9-13(10)11-6-5-7-12(8-11)14(16)15(2)3/h5-8,10,13H,4,9H2,1-3H3/t10-,13-/m0/s1. The third-order valence-electron chi connectivity index (χ3n) is 3.41. The fraction of sp³-hybridized carbons (Fsp3) is 0.500. The molecule has 1 aliphatic rings. The van der Waals surface area contributed by atoms with E-state index in [4.69, 9.17) is 0 Å². The van der Waals surface area contributed by atoms with E-state index in [0.717, 1.165) is 11.5 Å². The van der Waals surface area contributed by atoms with E-state index >= 15 is 0 Å². The van der Waals surface area contributed by atoms with Crippen LogP contribution in [0.25, 0.3) is 0 Å². The van der Waals surface area contributed by atoms with Gasteiger partial charge in [0, 0.05) is 19.7 Å². The fourth-order valence-corrected chi connectivity index (χ4v) is 2.27. The van der Waals surface area contributed by atoms with Gasteiger partial charge in [0.15, 0.2) is 0 Å². The molecule has 1 aliphatic carbocycles. The largest absolute Gasteiger partial charge is 0.345 e. The minimum Gasteiger partial charge on any atom is -0.345 e. The van der Waals surface area contributed by atoms with Crippen LogP contribution in [-0.4, -0.2) is 24.9 Å². The Morgan fingerprint density at radius 1 is 1.44 bits per heavy atom. The lowest BCUT2D eigenvalue weighted by molar-refractivity contribution is 0.0827. The number of hydrogen-bond acceptors (Lipinski definition) is 1. The molecule has 2 heteroatoms. The first-order valence-electron chi connectivity index (χ1n) is 5.95. The highest BCUT2D eigenvalue weighted by Gasteiger charge is 2.36. The molecular weight excluding hydrogens is 198 g/mol. The van der Waals surface area contributed by atoms with Crippen molar-refractivity contribution < 1.29 is 4.79 Å². The van der Waals surface area contributed by atoms with E-state index in [1.54, 1.807) is 19.0 Å². The van der Waals surface area contributed by atoms with Crippen LogP contribution in [0.15, 0.2) is 24.3 Å². The summed E-state index contributed by atoms with van der Waals surface area (Å²) >= 11 is 0. The second-order valence-corrected chi connectivity index (χ2v) is 4.84. The van der Waals surface area contributed by atoms with Crippen molar-refractivity contribution in [3.8, 4) is 0 Å². The molecule has 0 bridgehead atoms. The predicted octanol–water partition coefficient (Wildman–Crippen LogP) is 2.90. The van der Waals surface area contributed by atoms with Crippen molar-refractivity contribution in [2.75, 3.05) is 14.1 Å². The molecule has 1 saturated carbocycles. The van der Waals surface area contributed by atoms with Crippen molar-refractivity contribution in [1.29, 1.82) is 0 Å². The van der Waals surface area contributed by atoms with Gasteiger partial charge in [0.05, 0.1) is 0 Å². The van der Waals surface area contributed by atoms with Gasteiger partial charge in [-0.05, 0) is 36.0 Å². The molecule has 86 valence electrons. The molecule has 1 fully saturated rings. The summed E-state index contributed by atoms with van der Waals surface area (Å²) in [7, 11) is 3.59. The average Bonchev–Trinajstić information content (AvgIpc) is 3.07. The lowest BCUT2D eigenvalue weighted by Gasteiger charge is -2.11. The highest BCUT2D eigenvalue weighted by molar-refractivity contribution is 5.94. The fourth-order valence-electron chi connectivity index (χ4n) is 2.27. The normalized spacial score (nSPS) is 22.9. The molecule has 0 aromatic heterocycles. The van der Waals surface area contributed by atoms with Crippen LogP contribution in [-0.2, 0) is 0 Å². The molecule has 0 radical (unpaired) electrons. The number of rotatable bonds is 3. The van der Waals surface area contributed by atoms with Gasteiger partial charge in [-0.15, -0.1) is 0 Å². The predicted molar refractivity (Wildman–Crippen MR) is 65.6 cm³/mol. The lowest BCUT2D eigenvalue weighted by atomic mass is 10.0. The van der Waals surface area contributed by atoms with Crippen LogP contribution < -0.4 is 0 Å². The highest BCUT2D eigenvalue weighted by atomic mass is 16.2. The highest BCUT2D eigenvalue weighted by Crippen LogP contribution is 2.49. The van der Waals surface area contributed by atoms with E-state index in [1.807, 2.05) is 12.1 Å². The molecule has 0 aliphatic heterocycles. The van der Waals surface area contributed by atoms with Crippen LogP contribution in [0.3, 0.4) is 0 Å². The molecule has 16 heavy (non-hydrogen) atoms. The summed E-state index contributed by atoms with van der Waals surface area (Å²) in [5.74, 6) is 1.63. The zero-order chi connectivity index (χ0) is 11.7. The number of nitrogens with zero attached hydrogens (tertiary/aromatic N) is 1. The van der Waals surface area contributed by atoms with Crippen LogP contribution in [0.2, 0.25) is 0 Å². The van der Waals surface area contributed by atoms with Crippen LogP contribution in [0.5, 0.6) is 0 Å². The summed E-state index contributed by atoms with van der Waals surface area (Å²) in [5, 5.41) is 0. The van der Waals surface area contributed by atoms with Crippen molar-refractivity contribution in [2.24, 2.45) is 5.92 Å². The summed E-state index contributed by atoms with van der Waals surface area (Å²) in [4.78, 5) is 13.4. The van der Waals surface area contributed by atoms with Crippen LogP contribution in [0.1, 0.15) is 41.6 Å². The number of hydrogen-bond donors (Lipinski definition) is 0. The van der Waals surface area contributed by atoms with Gasteiger partial charge in [0.25, 0.3) is 5.91 Å². The Bertz CT molecular complexity index is 397. The molecule has 2 atom stereocenters. The lowest BCUT2D eigenvalue weighted by Crippen LogP contribution is -2.21. The second-order valence-electron chi connectivity index (χ2n) is 4.84. The monoisotopic (exact) mass is 217 g/mol. The Kier molecular flexibility index (Phi) is 2.99. The van der Waals surface area contributed by atoms with Gasteiger partial charge in [0.1, 0.15) is 0 Å². The molecule has 0 N–H and O–H groups in total. The first kappa shape index (κ1) is 11.2. The van der Waals surface area contributed by atoms with Gasteiger partial charge in [-0.2, -0.15) is 0 Å². The van der Waals surface area contributed by atoms with Crippen molar-refractivity contribution in [2.45, 2.75) is 25.7 Å². The minimum absolute atomic E-state index is 0.0931. The van der Waals surface area contributed by atoms with E-state index in [-0.39, 0.29) is 5.91 Å². The number of amides is 1. The van der Waals surface area contributed by atoms with Gasteiger partial charge < -0.3 is 4.90 Å². The molecule has 1 aromatic rings. The molecule has 1 amide bonds. The van der Waals surface area contributed by atoms with Crippen molar-refractivity contribution in [3.63, 3.8) is 0 Å². The number of carbonyl (C=O) groups is 1. The molecule has 0 unspecified atom stereocenters. The Hall–Kier alpha value is -1.31. The second kappa shape index (κ2) is 4.28. The molecule has 2 nitrogen and oxygen atoms in total. The topological polar surface area (TPSA) is 20.3 Å². The van der Waals surface area contributed by atoms with Crippen molar-refractivity contribution >= 4 is 5.91 Å². The maximum atomic E-state index is 11.8. The van der Waals surface area contributed by atoms with Gasteiger partial charge in [-0.3, -0.25) is 4.79 Å². The van der Waals surface area contributed by atoms with E-state index < -0.39 is 0 Å². The Balaban J connectivity index is 2.18. The van der Waals surface area contributed by atoms with Crippen LogP contribution in [0, 0.1) is 5.92 Å². The quantitative estimate of drug-likeness (QED) is 0.762. The van der Waals surface area contributed by atoms with Crippen molar-refractivity contribution in [1.82, 2.24) is 4.90 Å². The smallest absolute Gasteiger partial charge is 0.253 e. The van der Waals surface area contributed by atoms with Gasteiger partial charge >= 0.3 is 0 Å². The molecule has 1 aromatic carbocycles. The van der Waals surface area contributed by atoms with Gasteiger partial charge in [0.2, 0.25) is 0 Å². The molecule has 0 saturated heterocycles. The maximum Gasteiger partial charge on any atom is 0.253 e. The minimum atomic E-state index is 0.0931. The zero-order valence-corrected chi connectivity index (χ0v) is 10.2. The van der Waals surface area contributed by atoms with E-state index in [9.17, 15) is 4.79 Å². The summed E-state index contributed by atoms with van der Waals surface area (Å²) in [6.07, 6.45) is 2.53. The van der Waals surface area contributed by atoms with E-state index in [0.29, 0.717) is 5.92 Å². The summed E-state index contributed by atoms with van der Waals surface area (Å²) < 4.78 is 0. The number of carbonyl (C=O) groups excluding carboxylic acids is 1. The molecule has 2 rings (SSSR count). The molecule has 0 spiro atoms. The number of benzene rings is 1. The van der Waals surface area contributed by atoms with E-state index in [2.05, 4.69) is 19.1 Å². The first-order chi connectivity index (χ1) is 7.63. The summed E-state index contributed by atoms with van der Waals surface area (Å²) in [6.45, 7) is 2.24.